The number of methoxy groups -OCH3 is 1. The molecular formula is C17H16N2O5. The van der Waals surface area contributed by atoms with Gasteiger partial charge in [0.05, 0.1) is 18.5 Å². The minimum atomic E-state index is -0.533. The normalized spacial score (nSPS) is 10.1. The minimum absolute atomic E-state index is 0.0208. The molecule has 2 rings (SSSR count). The summed E-state index contributed by atoms with van der Waals surface area (Å²) in [6, 6.07) is 10.5. The number of Topliss-reactive ketones (excluding diaryl/α,β-unsaturated/α-hetero) is 1. The Hall–Kier alpha value is -3.22. The number of carbonyl (C=O) groups is 2. The molecule has 0 aliphatic heterocycles. The summed E-state index contributed by atoms with van der Waals surface area (Å²) in [5.41, 5.74) is 1.27. The van der Waals surface area contributed by atoms with Crippen LogP contribution in [0.2, 0.25) is 0 Å². The second-order valence-electron chi connectivity index (χ2n) is 5.12. The molecule has 0 heterocycles. The van der Waals surface area contributed by atoms with Crippen molar-refractivity contribution in [3.05, 3.63) is 63.7 Å². The Balaban J connectivity index is 2.17. The van der Waals surface area contributed by atoms with Crippen molar-refractivity contribution in [2.45, 2.75) is 13.3 Å². The molecule has 0 saturated heterocycles. The van der Waals surface area contributed by atoms with Crippen LogP contribution in [0.25, 0.3) is 0 Å². The van der Waals surface area contributed by atoms with Crippen molar-refractivity contribution in [3.63, 3.8) is 0 Å². The number of hydrogen-bond acceptors (Lipinski definition) is 5. The van der Waals surface area contributed by atoms with Gasteiger partial charge in [0.1, 0.15) is 5.75 Å². The van der Waals surface area contributed by atoms with Gasteiger partial charge in [-0.05, 0) is 31.2 Å². The summed E-state index contributed by atoms with van der Waals surface area (Å²) in [5.74, 6) is 0.0155. The fraction of sp³-hybridized carbons (Fsp3) is 0.176. The number of nitro groups is 1. The third-order valence-corrected chi connectivity index (χ3v) is 3.38. The molecule has 0 atom stereocenters. The van der Waals surface area contributed by atoms with Crippen LogP contribution in [0.4, 0.5) is 11.4 Å². The monoisotopic (exact) mass is 328 g/mol. The van der Waals surface area contributed by atoms with Crippen LogP contribution >= 0.6 is 0 Å². The molecule has 0 fully saturated rings. The summed E-state index contributed by atoms with van der Waals surface area (Å²) in [5, 5.41) is 13.4. The molecule has 0 spiro atoms. The maximum Gasteiger partial charge on any atom is 0.271 e. The Morgan fingerprint density at radius 2 is 1.96 bits per heavy atom. The van der Waals surface area contributed by atoms with E-state index in [1.807, 2.05) is 0 Å². The average Bonchev–Trinajstić information content (AvgIpc) is 2.54. The lowest BCUT2D eigenvalue weighted by atomic mass is 10.0. The lowest BCUT2D eigenvalue weighted by Crippen LogP contribution is -2.15. The minimum Gasteiger partial charge on any atom is -0.496 e. The van der Waals surface area contributed by atoms with Gasteiger partial charge < -0.3 is 10.1 Å². The van der Waals surface area contributed by atoms with Gasteiger partial charge in [0.15, 0.2) is 5.78 Å². The van der Waals surface area contributed by atoms with E-state index < -0.39 is 4.92 Å². The van der Waals surface area contributed by atoms with Crippen LogP contribution in [0.1, 0.15) is 22.8 Å². The number of nitrogens with one attached hydrogen (secondary N) is 1. The van der Waals surface area contributed by atoms with Crippen LogP contribution in [0.5, 0.6) is 5.75 Å². The zero-order valence-corrected chi connectivity index (χ0v) is 13.2. The van der Waals surface area contributed by atoms with Crippen molar-refractivity contribution in [1.29, 1.82) is 0 Å². The number of amides is 1. The highest BCUT2D eigenvalue weighted by molar-refractivity contribution is 5.96. The molecule has 2 aromatic carbocycles. The molecule has 1 amide bonds. The van der Waals surface area contributed by atoms with E-state index in [1.54, 1.807) is 24.3 Å². The van der Waals surface area contributed by atoms with E-state index in [-0.39, 0.29) is 23.8 Å². The second kappa shape index (κ2) is 7.36. The number of rotatable bonds is 6. The highest BCUT2D eigenvalue weighted by atomic mass is 16.6. The van der Waals surface area contributed by atoms with Crippen molar-refractivity contribution in [1.82, 2.24) is 0 Å². The third-order valence-electron chi connectivity index (χ3n) is 3.38. The predicted octanol–water partition coefficient (Wildman–Crippen LogP) is 2.99. The fourth-order valence-corrected chi connectivity index (χ4v) is 2.21. The highest BCUT2D eigenvalue weighted by Gasteiger charge is 2.13. The Bertz CT molecular complexity index is 801. The average molecular weight is 328 g/mol. The molecule has 0 aliphatic carbocycles. The maximum atomic E-state index is 12.2. The molecule has 0 aromatic heterocycles. The van der Waals surface area contributed by atoms with E-state index in [0.29, 0.717) is 22.6 Å². The van der Waals surface area contributed by atoms with Crippen LogP contribution in [0.3, 0.4) is 0 Å². The topological polar surface area (TPSA) is 98.5 Å². The van der Waals surface area contributed by atoms with E-state index in [1.165, 1.54) is 32.2 Å². The molecule has 0 aliphatic rings. The van der Waals surface area contributed by atoms with Gasteiger partial charge in [-0.25, -0.2) is 0 Å². The van der Waals surface area contributed by atoms with E-state index in [9.17, 15) is 19.7 Å². The summed E-state index contributed by atoms with van der Waals surface area (Å²) >= 11 is 0. The molecule has 0 saturated carbocycles. The highest BCUT2D eigenvalue weighted by Crippen LogP contribution is 2.22. The number of anilines is 1. The third kappa shape index (κ3) is 4.16. The quantitative estimate of drug-likeness (QED) is 0.499. The molecule has 0 radical (unpaired) electrons. The molecule has 2 aromatic rings. The number of nitro benzene ring substituents is 1. The molecule has 1 N–H and O–H groups in total. The van der Waals surface area contributed by atoms with Gasteiger partial charge in [-0.15, -0.1) is 0 Å². The Kier molecular flexibility index (Phi) is 5.26. The van der Waals surface area contributed by atoms with Gasteiger partial charge in [0, 0.05) is 28.9 Å². The van der Waals surface area contributed by atoms with Gasteiger partial charge in [-0.3, -0.25) is 19.7 Å². The summed E-state index contributed by atoms with van der Waals surface area (Å²) in [6.45, 7) is 1.44. The number of ether oxygens (including phenoxy) is 1. The summed E-state index contributed by atoms with van der Waals surface area (Å²) in [7, 11) is 1.48. The molecule has 24 heavy (non-hydrogen) atoms. The summed E-state index contributed by atoms with van der Waals surface area (Å²) in [4.78, 5) is 33.9. The Morgan fingerprint density at radius 1 is 1.21 bits per heavy atom. The number of hydrogen-bond donors (Lipinski definition) is 1. The van der Waals surface area contributed by atoms with Crippen molar-refractivity contribution in [2.24, 2.45) is 0 Å². The molecule has 0 unspecified atom stereocenters. The molecule has 7 nitrogen and oxygen atoms in total. The first-order valence-corrected chi connectivity index (χ1v) is 7.13. The first kappa shape index (κ1) is 17.1. The van der Waals surface area contributed by atoms with Crippen LogP contribution in [0, 0.1) is 10.1 Å². The van der Waals surface area contributed by atoms with Gasteiger partial charge in [0.2, 0.25) is 5.91 Å². The number of nitrogens with zero attached hydrogens (tertiary/aromatic N) is 1. The number of benzene rings is 2. The number of ketones is 1. The molecule has 124 valence electrons. The van der Waals surface area contributed by atoms with Crippen LogP contribution in [0.15, 0.2) is 42.5 Å². The first-order chi connectivity index (χ1) is 11.4. The van der Waals surface area contributed by atoms with Crippen LogP contribution in [-0.4, -0.2) is 23.7 Å². The SMILES string of the molecule is COc1ccc(C(C)=O)cc1CC(=O)Nc1cccc([N+](=O)[O-])c1. The maximum absolute atomic E-state index is 12.2. The zero-order valence-electron chi connectivity index (χ0n) is 13.2. The lowest BCUT2D eigenvalue weighted by Gasteiger charge is -2.10. The smallest absolute Gasteiger partial charge is 0.271 e. The summed E-state index contributed by atoms with van der Waals surface area (Å²) in [6.07, 6.45) is -0.0208. The lowest BCUT2D eigenvalue weighted by molar-refractivity contribution is -0.384. The van der Waals surface area contributed by atoms with Crippen molar-refractivity contribution >= 4 is 23.1 Å². The van der Waals surface area contributed by atoms with E-state index in [4.69, 9.17) is 4.74 Å². The second-order valence-corrected chi connectivity index (χ2v) is 5.12. The fourth-order valence-electron chi connectivity index (χ4n) is 2.21. The molecular weight excluding hydrogens is 312 g/mol. The van der Waals surface area contributed by atoms with E-state index in [0.717, 1.165) is 0 Å². The summed E-state index contributed by atoms with van der Waals surface area (Å²) < 4.78 is 5.20. The first-order valence-electron chi connectivity index (χ1n) is 7.13. The van der Waals surface area contributed by atoms with E-state index in [2.05, 4.69) is 5.32 Å². The van der Waals surface area contributed by atoms with Crippen molar-refractivity contribution in [3.8, 4) is 5.75 Å². The van der Waals surface area contributed by atoms with Gasteiger partial charge >= 0.3 is 0 Å². The van der Waals surface area contributed by atoms with Crippen LogP contribution in [-0.2, 0) is 11.2 Å². The van der Waals surface area contributed by atoms with Gasteiger partial charge in [0.25, 0.3) is 5.69 Å². The van der Waals surface area contributed by atoms with E-state index >= 15 is 0 Å². The van der Waals surface area contributed by atoms with Gasteiger partial charge in [-0.2, -0.15) is 0 Å². The van der Waals surface area contributed by atoms with Crippen LogP contribution < -0.4 is 10.1 Å². The predicted molar refractivity (Wildman–Crippen MR) is 88.4 cm³/mol. The molecule has 0 bridgehead atoms. The largest absolute Gasteiger partial charge is 0.496 e. The number of non-ortho nitro benzene ring substituents is 1. The zero-order chi connectivity index (χ0) is 17.7. The van der Waals surface area contributed by atoms with Crippen molar-refractivity contribution in [2.75, 3.05) is 12.4 Å². The Labute approximate surface area is 138 Å². The van der Waals surface area contributed by atoms with Crippen molar-refractivity contribution < 1.29 is 19.2 Å². The standard InChI is InChI=1S/C17H16N2O5/c1-11(20)12-6-7-16(24-2)13(8-12)9-17(21)18-14-4-3-5-15(10-14)19(22)23/h3-8,10H,9H2,1-2H3,(H,18,21). The van der Waals surface area contributed by atoms with Gasteiger partial charge in [-0.1, -0.05) is 6.07 Å². The number of carbonyl (C=O) groups excluding carboxylic acids is 2. The molecule has 7 heteroatoms. The Morgan fingerprint density at radius 3 is 2.58 bits per heavy atom.